The molecule has 0 atom stereocenters. The van der Waals surface area contributed by atoms with E-state index < -0.39 is 11.6 Å². The zero-order valence-electron chi connectivity index (χ0n) is 9.62. The van der Waals surface area contributed by atoms with Gasteiger partial charge < -0.3 is 5.32 Å². The van der Waals surface area contributed by atoms with Crippen LogP contribution in [0.3, 0.4) is 0 Å². The van der Waals surface area contributed by atoms with Gasteiger partial charge in [-0.1, -0.05) is 17.7 Å². The van der Waals surface area contributed by atoms with Gasteiger partial charge in [0.05, 0.1) is 5.56 Å². The van der Waals surface area contributed by atoms with E-state index in [1.807, 2.05) is 6.07 Å². The highest BCUT2D eigenvalue weighted by molar-refractivity contribution is 6.34. The normalized spacial score (nSPS) is 10.0. The highest BCUT2D eigenvalue weighted by Gasteiger charge is 2.08. The number of hydrogen-bond acceptors (Lipinski definition) is 3. The Labute approximate surface area is 113 Å². The first-order valence-corrected chi connectivity index (χ1v) is 5.72. The summed E-state index contributed by atoms with van der Waals surface area (Å²) in [5, 5.41) is 11.8. The number of pyridine rings is 1. The van der Waals surface area contributed by atoms with Crippen LogP contribution in [-0.4, -0.2) is 4.98 Å². The van der Waals surface area contributed by atoms with E-state index in [9.17, 15) is 8.78 Å². The summed E-state index contributed by atoms with van der Waals surface area (Å²) in [6.45, 7) is 0.0910. The van der Waals surface area contributed by atoms with Crippen LogP contribution >= 0.6 is 11.6 Å². The molecule has 0 aliphatic carbocycles. The van der Waals surface area contributed by atoms with Gasteiger partial charge in [0.1, 0.15) is 28.5 Å². The van der Waals surface area contributed by atoms with Crippen molar-refractivity contribution in [2.24, 2.45) is 0 Å². The Kier molecular flexibility index (Phi) is 3.93. The summed E-state index contributed by atoms with van der Waals surface area (Å²) in [5.41, 5.74) is 0.556. The third kappa shape index (κ3) is 2.98. The SMILES string of the molecule is N#Cc1ccnc(NCc2ccc(F)cc2F)c1Cl. The summed E-state index contributed by atoms with van der Waals surface area (Å²) >= 11 is 5.94. The van der Waals surface area contributed by atoms with Crippen molar-refractivity contribution in [3.05, 3.63) is 58.2 Å². The minimum absolute atomic E-state index is 0.0910. The molecule has 96 valence electrons. The molecule has 0 bridgehead atoms. The van der Waals surface area contributed by atoms with Gasteiger partial charge in [-0.05, 0) is 12.1 Å². The van der Waals surface area contributed by atoms with Gasteiger partial charge in [-0.15, -0.1) is 0 Å². The molecule has 0 amide bonds. The minimum Gasteiger partial charge on any atom is -0.365 e. The lowest BCUT2D eigenvalue weighted by molar-refractivity contribution is 0.574. The number of hydrogen-bond donors (Lipinski definition) is 1. The fourth-order valence-corrected chi connectivity index (χ4v) is 1.72. The number of halogens is 3. The van der Waals surface area contributed by atoms with Crippen molar-refractivity contribution < 1.29 is 8.78 Å². The second-order valence-electron chi connectivity index (χ2n) is 3.72. The highest BCUT2D eigenvalue weighted by atomic mass is 35.5. The summed E-state index contributed by atoms with van der Waals surface area (Å²) in [6.07, 6.45) is 1.42. The number of benzene rings is 1. The number of nitriles is 1. The van der Waals surface area contributed by atoms with Crippen LogP contribution in [0.4, 0.5) is 14.6 Å². The molecule has 1 N–H and O–H groups in total. The van der Waals surface area contributed by atoms with Gasteiger partial charge in [0, 0.05) is 24.4 Å². The molecule has 6 heteroatoms. The van der Waals surface area contributed by atoms with Gasteiger partial charge in [0.2, 0.25) is 0 Å². The lowest BCUT2D eigenvalue weighted by atomic mass is 10.2. The van der Waals surface area contributed by atoms with E-state index in [1.54, 1.807) is 0 Å². The molecule has 0 fully saturated rings. The molecule has 0 unspecified atom stereocenters. The topological polar surface area (TPSA) is 48.7 Å². The Morgan fingerprint density at radius 1 is 1.32 bits per heavy atom. The van der Waals surface area contributed by atoms with Gasteiger partial charge in [0.25, 0.3) is 0 Å². The monoisotopic (exact) mass is 279 g/mol. The maximum Gasteiger partial charge on any atom is 0.146 e. The third-order valence-corrected chi connectivity index (χ3v) is 2.85. The Balaban J connectivity index is 2.17. The van der Waals surface area contributed by atoms with Crippen LogP contribution in [0.1, 0.15) is 11.1 Å². The molecular weight excluding hydrogens is 272 g/mol. The van der Waals surface area contributed by atoms with Crippen molar-refractivity contribution >= 4 is 17.4 Å². The van der Waals surface area contributed by atoms with Gasteiger partial charge in [-0.2, -0.15) is 5.26 Å². The number of nitrogens with zero attached hydrogens (tertiary/aromatic N) is 2. The molecule has 1 aromatic heterocycles. The third-order valence-electron chi connectivity index (χ3n) is 2.47. The first-order chi connectivity index (χ1) is 9.11. The van der Waals surface area contributed by atoms with E-state index in [4.69, 9.17) is 16.9 Å². The molecule has 0 aliphatic rings. The first kappa shape index (κ1) is 13.2. The van der Waals surface area contributed by atoms with E-state index in [0.717, 1.165) is 6.07 Å². The number of nitrogens with one attached hydrogen (secondary N) is 1. The number of aromatic nitrogens is 1. The summed E-state index contributed by atoms with van der Waals surface area (Å²) < 4.78 is 26.2. The lowest BCUT2D eigenvalue weighted by Gasteiger charge is -2.08. The first-order valence-electron chi connectivity index (χ1n) is 5.34. The highest BCUT2D eigenvalue weighted by Crippen LogP contribution is 2.23. The average Bonchev–Trinajstić information content (AvgIpc) is 2.39. The zero-order valence-corrected chi connectivity index (χ0v) is 10.4. The van der Waals surface area contributed by atoms with Crippen molar-refractivity contribution in [3.63, 3.8) is 0 Å². The molecule has 2 aromatic rings. The van der Waals surface area contributed by atoms with E-state index >= 15 is 0 Å². The Morgan fingerprint density at radius 3 is 2.79 bits per heavy atom. The van der Waals surface area contributed by atoms with Crippen LogP contribution in [0.5, 0.6) is 0 Å². The van der Waals surface area contributed by atoms with Gasteiger partial charge in [-0.3, -0.25) is 0 Å². The van der Waals surface area contributed by atoms with Crippen LogP contribution in [0.2, 0.25) is 5.02 Å². The molecule has 0 aliphatic heterocycles. The predicted octanol–water partition coefficient (Wildman–Crippen LogP) is 3.50. The molecule has 0 saturated carbocycles. The van der Waals surface area contributed by atoms with Crippen molar-refractivity contribution in [1.82, 2.24) is 4.98 Å². The van der Waals surface area contributed by atoms with Crippen LogP contribution in [0.15, 0.2) is 30.5 Å². The molecule has 19 heavy (non-hydrogen) atoms. The van der Waals surface area contributed by atoms with Crippen molar-refractivity contribution in [2.75, 3.05) is 5.32 Å². The smallest absolute Gasteiger partial charge is 0.146 e. The van der Waals surface area contributed by atoms with Gasteiger partial charge in [-0.25, -0.2) is 13.8 Å². The fraction of sp³-hybridized carbons (Fsp3) is 0.0769. The summed E-state index contributed by atoms with van der Waals surface area (Å²) in [4.78, 5) is 3.96. The molecule has 3 nitrogen and oxygen atoms in total. The quantitative estimate of drug-likeness (QED) is 0.935. The number of anilines is 1. The van der Waals surface area contributed by atoms with Crippen molar-refractivity contribution in [1.29, 1.82) is 5.26 Å². The molecule has 2 rings (SSSR count). The Bertz CT molecular complexity index is 653. The maximum absolute atomic E-state index is 13.4. The lowest BCUT2D eigenvalue weighted by Crippen LogP contribution is -2.04. The summed E-state index contributed by atoms with van der Waals surface area (Å²) in [7, 11) is 0. The van der Waals surface area contributed by atoms with Crippen molar-refractivity contribution in [2.45, 2.75) is 6.54 Å². The van der Waals surface area contributed by atoms with Gasteiger partial charge >= 0.3 is 0 Å². The standard InChI is InChI=1S/C13H8ClF2N3/c14-12-8(6-17)3-4-18-13(12)19-7-9-1-2-10(15)5-11(9)16/h1-5H,7H2,(H,18,19). The Hall–Kier alpha value is -2.19. The van der Waals surface area contributed by atoms with Crippen LogP contribution < -0.4 is 5.32 Å². The summed E-state index contributed by atoms with van der Waals surface area (Å²) in [5.74, 6) is -1.01. The minimum atomic E-state index is -0.653. The second kappa shape index (κ2) is 5.63. The van der Waals surface area contributed by atoms with E-state index in [2.05, 4.69) is 10.3 Å². The van der Waals surface area contributed by atoms with Crippen molar-refractivity contribution in [3.8, 4) is 6.07 Å². The second-order valence-corrected chi connectivity index (χ2v) is 4.10. The molecule has 1 aromatic carbocycles. The van der Waals surface area contributed by atoms with E-state index in [0.29, 0.717) is 0 Å². The fourth-order valence-electron chi connectivity index (χ4n) is 1.50. The summed E-state index contributed by atoms with van der Waals surface area (Å²) in [6, 6.07) is 6.70. The van der Waals surface area contributed by atoms with Gasteiger partial charge in [0.15, 0.2) is 0 Å². The van der Waals surface area contributed by atoms with E-state index in [-0.39, 0.29) is 28.5 Å². The molecule has 0 radical (unpaired) electrons. The van der Waals surface area contributed by atoms with Crippen LogP contribution in [-0.2, 0) is 6.54 Å². The van der Waals surface area contributed by atoms with Crippen LogP contribution in [0.25, 0.3) is 0 Å². The average molecular weight is 280 g/mol. The molecule has 0 saturated heterocycles. The molecule has 0 spiro atoms. The molecular formula is C13H8ClF2N3. The largest absolute Gasteiger partial charge is 0.365 e. The van der Waals surface area contributed by atoms with E-state index in [1.165, 1.54) is 24.4 Å². The zero-order chi connectivity index (χ0) is 13.8. The predicted molar refractivity (Wildman–Crippen MR) is 67.6 cm³/mol. The molecule has 1 heterocycles. The number of rotatable bonds is 3. The van der Waals surface area contributed by atoms with Crippen LogP contribution in [0, 0.1) is 23.0 Å². The Morgan fingerprint density at radius 2 is 2.11 bits per heavy atom. The maximum atomic E-state index is 13.4.